The maximum Gasteiger partial charge on any atom is 0.405 e. The molecule has 2 unspecified atom stereocenters. The summed E-state index contributed by atoms with van der Waals surface area (Å²) in [6, 6.07) is 15.4. The Bertz CT molecular complexity index is 1660. The Morgan fingerprint density at radius 2 is 1.86 bits per heavy atom. The van der Waals surface area contributed by atoms with Crippen LogP contribution in [0.3, 0.4) is 0 Å². The van der Waals surface area contributed by atoms with Crippen LogP contribution < -0.4 is 10.1 Å². The summed E-state index contributed by atoms with van der Waals surface area (Å²) < 4.78 is 45.2. The van der Waals surface area contributed by atoms with E-state index in [0.717, 1.165) is 37.5 Å². The Morgan fingerprint density at radius 3 is 2.56 bits per heavy atom. The number of pyridine rings is 1. The number of aromatic nitrogens is 3. The molecule has 2 aromatic heterocycles. The summed E-state index contributed by atoms with van der Waals surface area (Å²) in [5.74, 6) is 0.492. The summed E-state index contributed by atoms with van der Waals surface area (Å²) in [5, 5.41) is 16.2. The molecule has 0 spiro atoms. The molecule has 0 bridgehead atoms. The highest BCUT2D eigenvalue weighted by Gasteiger charge is 2.29. The smallest absolute Gasteiger partial charge is 0.405 e. The number of amides is 1. The van der Waals surface area contributed by atoms with Crippen LogP contribution in [0.2, 0.25) is 0 Å². The second-order valence-corrected chi connectivity index (χ2v) is 10.9. The van der Waals surface area contributed by atoms with E-state index in [1.165, 1.54) is 12.3 Å². The Labute approximate surface area is 246 Å². The third-order valence-electron chi connectivity index (χ3n) is 7.83. The van der Waals surface area contributed by atoms with Crippen molar-refractivity contribution in [3.8, 4) is 17.7 Å². The first-order valence-electron chi connectivity index (χ1n) is 14.1. The molecule has 4 aromatic rings. The van der Waals surface area contributed by atoms with Crippen molar-refractivity contribution >= 4 is 22.6 Å². The zero-order chi connectivity index (χ0) is 30.6. The van der Waals surface area contributed by atoms with Gasteiger partial charge in [0, 0.05) is 47.4 Å². The molecule has 0 saturated heterocycles. The van der Waals surface area contributed by atoms with Crippen molar-refractivity contribution in [2.24, 2.45) is 11.8 Å². The van der Waals surface area contributed by atoms with E-state index in [2.05, 4.69) is 10.1 Å². The minimum atomic E-state index is -4.48. The molecule has 1 aliphatic carbocycles. The number of nitriles is 1. The summed E-state index contributed by atoms with van der Waals surface area (Å²) >= 11 is 0. The van der Waals surface area contributed by atoms with E-state index < -0.39 is 18.6 Å². The number of hydrogen-bond acceptors (Lipinski definition) is 6. The summed E-state index contributed by atoms with van der Waals surface area (Å²) in [5.41, 5.74) is 2.52. The van der Waals surface area contributed by atoms with Gasteiger partial charge in [-0.15, -0.1) is 0 Å². The van der Waals surface area contributed by atoms with Gasteiger partial charge in [-0.05, 0) is 86.6 Å². The lowest BCUT2D eigenvalue weighted by atomic mass is 9.90. The van der Waals surface area contributed by atoms with Crippen molar-refractivity contribution in [3.05, 3.63) is 83.2 Å². The van der Waals surface area contributed by atoms with Gasteiger partial charge >= 0.3 is 6.18 Å². The van der Waals surface area contributed by atoms with Gasteiger partial charge in [-0.1, -0.05) is 6.42 Å². The summed E-state index contributed by atoms with van der Waals surface area (Å²) in [6.45, 7) is 0.979. The molecular weight excluding hydrogens is 559 g/mol. The van der Waals surface area contributed by atoms with Crippen molar-refractivity contribution in [1.29, 1.82) is 5.26 Å². The zero-order valence-corrected chi connectivity index (χ0v) is 23.5. The molecule has 1 fully saturated rings. The van der Waals surface area contributed by atoms with Crippen molar-refractivity contribution in [3.63, 3.8) is 0 Å². The van der Waals surface area contributed by atoms with Crippen LogP contribution in [0, 0.1) is 30.1 Å². The number of Topliss-reactive ketones (excluding diaryl/α,β-unsaturated/α-hetero) is 1. The number of nitrogens with zero attached hydrogens (tertiary/aromatic N) is 4. The minimum absolute atomic E-state index is 0.0753. The number of hydrogen-bond donors (Lipinski definition) is 1. The number of carbonyl (C=O) groups excluding carboxylic acids is 2. The fourth-order valence-electron chi connectivity index (χ4n) is 5.53. The van der Waals surface area contributed by atoms with Crippen molar-refractivity contribution in [2.45, 2.75) is 51.7 Å². The van der Waals surface area contributed by atoms with Gasteiger partial charge in [0.1, 0.15) is 18.4 Å². The molecule has 2 heterocycles. The maximum absolute atomic E-state index is 13.3. The Hall–Kier alpha value is -4.72. The number of ketones is 1. The van der Waals surface area contributed by atoms with E-state index in [9.17, 15) is 22.8 Å². The van der Waals surface area contributed by atoms with Gasteiger partial charge < -0.3 is 10.1 Å². The molecule has 1 N–H and O–H groups in total. The van der Waals surface area contributed by atoms with E-state index >= 15 is 0 Å². The SMILES string of the molecule is Cc1c(C(=O)NCC(F)(F)F)ccc2nn(CC3CCCC(C(=O)c4ccc(Oc5ccc(C#N)cn5)cc4)CC3)cc12. The second kappa shape index (κ2) is 12.7. The molecule has 11 heteroatoms. The van der Waals surface area contributed by atoms with Crippen LogP contribution in [-0.2, 0) is 6.54 Å². The van der Waals surface area contributed by atoms with Gasteiger partial charge in [-0.3, -0.25) is 14.3 Å². The number of rotatable bonds is 8. The maximum atomic E-state index is 13.3. The molecule has 43 heavy (non-hydrogen) atoms. The molecule has 1 saturated carbocycles. The number of fused-ring (bicyclic) bond motifs is 1. The van der Waals surface area contributed by atoms with Crippen LogP contribution in [0.15, 0.2) is 60.9 Å². The first-order chi connectivity index (χ1) is 20.6. The van der Waals surface area contributed by atoms with Crippen LogP contribution in [0.5, 0.6) is 11.6 Å². The standard InChI is InChI=1S/C32H30F3N5O3/c1-20-26(31(42)38-19-32(33,34)35)12-13-28-27(20)18-40(39-28)17-21-3-2-4-23(7-5-21)30(41)24-8-10-25(11-9-24)43-29-14-6-22(15-36)16-37-29/h6,8-14,16,18,21,23H,2-5,7,17,19H2,1H3,(H,38,42). The molecule has 2 aromatic carbocycles. The minimum Gasteiger partial charge on any atom is -0.439 e. The van der Waals surface area contributed by atoms with E-state index in [4.69, 9.17) is 10.00 Å². The lowest BCUT2D eigenvalue weighted by Crippen LogP contribution is -2.34. The first kappa shape index (κ1) is 29.8. The van der Waals surface area contributed by atoms with Crippen LogP contribution >= 0.6 is 0 Å². The molecule has 5 rings (SSSR count). The van der Waals surface area contributed by atoms with Gasteiger partial charge in [0.25, 0.3) is 5.91 Å². The fraction of sp³-hybridized carbons (Fsp3) is 0.344. The molecule has 8 nitrogen and oxygen atoms in total. The Balaban J connectivity index is 1.18. The van der Waals surface area contributed by atoms with E-state index in [1.54, 1.807) is 49.4 Å². The number of ether oxygens (including phenoxy) is 1. The van der Waals surface area contributed by atoms with Crippen molar-refractivity contribution in [1.82, 2.24) is 20.1 Å². The summed E-state index contributed by atoms with van der Waals surface area (Å²) in [4.78, 5) is 29.7. The van der Waals surface area contributed by atoms with Gasteiger partial charge in [0.05, 0.1) is 11.1 Å². The van der Waals surface area contributed by atoms with Crippen LogP contribution in [0.4, 0.5) is 13.2 Å². The fourth-order valence-corrected chi connectivity index (χ4v) is 5.53. The number of carbonyl (C=O) groups is 2. The van der Waals surface area contributed by atoms with Gasteiger partial charge in [0.2, 0.25) is 5.88 Å². The largest absolute Gasteiger partial charge is 0.439 e. The predicted octanol–water partition coefficient (Wildman–Crippen LogP) is 6.78. The number of nitrogens with one attached hydrogen (secondary N) is 1. The summed E-state index contributed by atoms with van der Waals surface area (Å²) in [7, 11) is 0. The monoisotopic (exact) mass is 589 g/mol. The number of aryl methyl sites for hydroxylation is 1. The third-order valence-corrected chi connectivity index (χ3v) is 7.83. The Morgan fingerprint density at radius 1 is 1.07 bits per heavy atom. The lowest BCUT2D eigenvalue weighted by molar-refractivity contribution is -0.123. The number of alkyl halides is 3. The molecule has 2 atom stereocenters. The highest BCUT2D eigenvalue weighted by atomic mass is 19.4. The average molecular weight is 590 g/mol. The molecule has 0 aliphatic heterocycles. The molecule has 222 valence electrons. The second-order valence-electron chi connectivity index (χ2n) is 10.9. The predicted molar refractivity (Wildman–Crippen MR) is 153 cm³/mol. The van der Waals surface area contributed by atoms with Crippen LogP contribution in [0.25, 0.3) is 10.9 Å². The van der Waals surface area contributed by atoms with E-state index in [1.807, 2.05) is 22.3 Å². The lowest BCUT2D eigenvalue weighted by Gasteiger charge is -2.15. The Kier molecular flexibility index (Phi) is 8.76. The summed E-state index contributed by atoms with van der Waals surface area (Å²) in [6.07, 6.45) is 3.10. The zero-order valence-electron chi connectivity index (χ0n) is 23.5. The quantitative estimate of drug-likeness (QED) is 0.179. The molecule has 1 aliphatic rings. The van der Waals surface area contributed by atoms with Crippen LogP contribution in [0.1, 0.15) is 63.9 Å². The normalized spacial score (nSPS) is 17.2. The highest BCUT2D eigenvalue weighted by molar-refractivity contribution is 6.00. The van der Waals surface area contributed by atoms with Crippen molar-refractivity contribution in [2.75, 3.05) is 6.54 Å². The number of benzene rings is 2. The van der Waals surface area contributed by atoms with Gasteiger partial charge in [-0.2, -0.15) is 23.5 Å². The average Bonchev–Trinajstić information content (AvgIpc) is 3.27. The van der Waals surface area contributed by atoms with E-state index in [0.29, 0.717) is 46.3 Å². The first-order valence-corrected chi connectivity index (χ1v) is 14.1. The molecule has 0 radical (unpaired) electrons. The van der Waals surface area contributed by atoms with Crippen molar-refractivity contribution < 1.29 is 27.5 Å². The highest BCUT2D eigenvalue weighted by Crippen LogP contribution is 2.32. The number of halogens is 3. The third kappa shape index (κ3) is 7.38. The van der Waals surface area contributed by atoms with Gasteiger partial charge in [-0.25, -0.2) is 4.98 Å². The van der Waals surface area contributed by atoms with Gasteiger partial charge in [0.15, 0.2) is 5.78 Å². The van der Waals surface area contributed by atoms with E-state index in [-0.39, 0.29) is 17.3 Å². The topological polar surface area (TPSA) is 110 Å². The molecular formula is C32H30F3N5O3. The molecule has 1 amide bonds. The van der Waals surface area contributed by atoms with Crippen LogP contribution in [-0.4, -0.2) is 39.2 Å².